The number of aliphatic hydroxyl groups is 1. The van der Waals surface area contributed by atoms with Crippen molar-refractivity contribution in [1.82, 2.24) is 4.90 Å². The van der Waals surface area contributed by atoms with Gasteiger partial charge in [0.2, 0.25) is 0 Å². The number of hydrogen-bond acceptors (Lipinski definition) is 3. The fourth-order valence-corrected chi connectivity index (χ4v) is 1.46. The van der Waals surface area contributed by atoms with Crippen molar-refractivity contribution in [2.24, 2.45) is 0 Å². The number of rotatable bonds is 4. The molecule has 19 heavy (non-hydrogen) atoms. The van der Waals surface area contributed by atoms with Crippen LogP contribution in [-0.4, -0.2) is 46.8 Å². The molecule has 0 aliphatic carbocycles. The lowest BCUT2D eigenvalue weighted by atomic mass is 10.1. The summed E-state index contributed by atoms with van der Waals surface area (Å²) in [5, 5.41) is 20.6. The van der Waals surface area contributed by atoms with Crippen molar-refractivity contribution in [3.05, 3.63) is 29.3 Å². The summed E-state index contributed by atoms with van der Waals surface area (Å²) in [5.74, 6) is -1.04. The number of nitrogens with zero attached hydrogens (tertiary/aromatic N) is 1. The summed E-state index contributed by atoms with van der Waals surface area (Å²) in [6.07, 6.45) is 0. The third kappa shape index (κ3) is 3.69. The first-order valence-electron chi connectivity index (χ1n) is 5.85. The first kappa shape index (κ1) is 15.0. The molecule has 0 spiro atoms. The monoisotopic (exact) mass is 266 g/mol. The van der Waals surface area contributed by atoms with Crippen LogP contribution in [0.3, 0.4) is 0 Å². The Hall–Kier alpha value is -2.08. The standard InChI is InChI=1S/C13H18N2O4/c1-8-4-5-10(6-11(8)12(17)18)14-13(19)15(3)9(2)7-16/h4-6,9,16H,7H2,1-3H3,(H,14,19)(H,17,18). The number of aryl methyl sites for hydroxylation is 1. The fourth-order valence-electron chi connectivity index (χ4n) is 1.46. The highest BCUT2D eigenvalue weighted by molar-refractivity contribution is 5.94. The van der Waals surface area contributed by atoms with Gasteiger partial charge in [0.25, 0.3) is 0 Å². The molecule has 0 radical (unpaired) electrons. The summed E-state index contributed by atoms with van der Waals surface area (Å²) < 4.78 is 0. The van der Waals surface area contributed by atoms with Crippen LogP contribution in [0.25, 0.3) is 0 Å². The summed E-state index contributed by atoms with van der Waals surface area (Å²) in [4.78, 5) is 24.2. The maximum absolute atomic E-state index is 11.8. The van der Waals surface area contributed by atoms with Crippen molar-refractivity contribution in [3.63, 3.8) is 0 Å². The number of urea groups is 1. The molecule has 1 rings (SSSR count). The molecule has 1 aromatic carbocycles. The van der Waals surface area contributed by atoms with Crippen molar-refractivity contribution in [3.8, 4) is 0 Å². The second kappa shape index (κ2) is 6.19. The molecule has 1 atom stereocenters. The van der Waals surface area contributed by atoms with Gasteiger partial charge in [-0.05, 0) is 31.5 Å². The normalized spacial score (nSPS) is 11.8. The number of likely N-dealkylation sites (N-methyl/N-ethyl adjacent to an activating group) is 1. The zero-order valence-electron chi connectivity index (χ0n) is 11.2. The summed E-state index contributed by atoms with van der Waals surface area (Å²) in [6, 6.07) is 3.96. The molecule has 6 heteroatoms. The maximum Gasteiger partial charge on any atom is 0.336 e. The largest absolute Gasteiger partial charge is 0.478 e. The van der Waals surface area contributed by atoms with Gasteiger partial charge in [-0.25, -0.2) is 9.59 Å². The number of hydrogen-bond donors (Lipinski definition) is 3. The average Bonchev–Trinajstić information content (AvgIpc) is 2.38. The second-order valence-electron chi connectivity index (χ2n) is 4.41. The Morgan fingerprint density at radius 3 is 2.58 bits per heavy atom. The molecule has 0 fully saturated rings. The molecule has 104 valence electrons. The molecule has 0 saturated carbocycles. The summed E-state index contributed by atoms with van der Waals surface area (Å²) >= 11 is 0. The first-order chi connectivity index (χ1) is 8.86. The number of carbonyl (C=O) groups excluding carboxylic acids is 1. The molecular weight excluding hydrogens is 248 g/mol. The number of amides is 2. The van der Waals surface area contributed by atoms with Gasteiger partial charge in [-0.3, -0.25) is 0 Å². The zero-order valence-corrected chi connectivity index (χ0v) is 11.2. The van der Waals surface area contributed by atoms with E-state index in [2.05, 4.69) is 5.32 Å². The lowest BCUT2D eigenvalue weighted by Gasteiger charge is -2.23. The summed E-state index contributed by atoms with van der Waals surface area (Å²) in [5.41, 5.74) is 1.18. The Balaban J connectivity index is 2.86. The van der Waals surface area contributed by atoms with Gasteiger partial charge in [0.05, 0.1) is 18.2 Å². The predicted octanol–water partition coefficient (Wildman–Crippen LogP) is 1.54. The quantitative estimate of drug-likeness (QED) is 0.771. The number of aromatic carboxylic acids is 1. The molecule has 6 nitrogen and oxygen atoms in total. The predicted molar refractivity (Wildman–Crippen MR) is 71.5 cm³/mol. The number of carboxylic acids is 1. The minimum absolute atomic E-state index is 0.141. The van der Waals surface area contributed by atoms with Crippen LogP contribution in [0.2, 0.25) is 0 Å². The Morgan fingerprint density at radius 2 is 2.05 bits per heavy atom. The molecule has 2 amide bonds. The van der Waals surface area contributed by atoms with E-state index < -0.39 is 12.0 Å². The lowest BCUT2D eigenvalue weighted by Crippen LogP contribution is -2.40. The summed E-state index contributed by atoms with van der Waals surface area (Å²) in [7, 11) is 1.56. The van der Waals surface area contributed by atoms with Crippen LogP contribution >= 0.6 is 0 Å². The molecule has 1 unspecified atom stereocenters. The van der Waals surface area contributed by atoms with Crippen LogP contribution in [0.5, 0.6) is 0 Å². The van der Waals surface area contributed by atoms with E-state index in [1.54, 1.807) is 33.0 Å². The number of carboxylic acid groups (broad SMARTS) is 1. The summed E-state index contributed by atoms with van der Waals surface area (Å²) in [6.45, 7) is 3.25. The van der Waals surface area contributed by atoms with Crippen molar-refractivity contribution in [2.75, 3.05) is 19.0 Å². The molecule has 0 aliphatic rings. The fraction of sp³-hybridized carbons (Fsp3) is 0.385. The van der Waals surface area contributed by atoms with Crippen molar-refractivity contribution in [1.29, 1.82) is 0 Å². The van der Waals surface area contributed by atoms with E-state index in [-0.39, 0.29) is 18.2 Å². The van der Waals surface area contributed by atoms with Crippen molar-refractivity contribution >= 4 is 17.7 Å². The molecule has 3 N–H and O–H groups in total. The van der Waals surface area contributed by atoms with E-state index in [4.69, 9.17) is 10.2 Å². The molecule has 0 saturated heterocycles. The minimum Gasteiger partial charge on any atom is -0.478 e. The number of anilines is 1. The van der Waals surface area contributed by atoms with Gasteiger partial charge < -0.3 is 20.4 Å². The second-order valence-corrected chi connectivity index (χ2v) is 4.41. The lowest BCUT2D eigenvalue weighted by molar-refractivity contribution is 0.0696. The van der Waals surface area contributed by atoms with Gasteiger partial charge in [0.15, 0.2) is 0 Å². The van der Waals surface area contributed by atoms with Gasteiger partial charge in [-0.1, -0.05) is 6.07 Å². The highest BCUT2D eigenvalue weighted by atomic mass is 16.4. The Bertz CT molecular complexity index is 488. The van der Waals surface area contributed by atoms with Crippen LogP contribution in [0, 0.1) is 6.92 Å². The van der Waals surface area contributed by atoms with Crippen LogP contribution in [-0.2, 0) is 0 Å². The van der Waals surface area contributed by atoms with Crippen LogP contribution in [0.15, 0.2) is 18.2 Å². The first-order valence-corrected chi connectivity index (χ1v) is 5.85. The van der Waals surface area contributed by atoms with Gasteiger partial charge >= 0.3 is 12.0 Å². The Kier molecular flexibility index (Phi) is 4.88. The Morgan fingerprint density at radius 1 is 1.42 bits per heavy atom. The minimum atomic E-state index is -1.04. The molecule has 0 bridgehead atoms. The number of benzene rings is 1. The maximum atomic E-state index is 11.8. The van der Waals surface area contributed by atoms with Gasteiger partial charge in [-0.15, -0.1) is 0 Å². The number of aliphatic hydroxyl groups excluding tert-OH is 1. The molecular formula is C13H18N2O4. The van der Waals surface area contributed by atoms with E-state index in [9.17, 15) is 9.59 Å². The third-order valence-electron chi connectivity index (χ3n) is 2.96. The number of carbonyl (C=O) groups is 2. The van der Waals surface area contributed by atoms with Gasteiger partial charge in [-0.2, -0.15) is 0 Å². The highest BCUT2D eigenvalue weighted by Crippen LogP contribution is 2.16. The van der Waals surface area contributed by atoms with E-state index in [1.165, 1.54) is 11.0 Å². The van der Waals surface area contributed by atoms with E-state index in [1.807, 2.05) is 0 Å². The van der Waals surface area contributed by atoms with Gasteiger partial charge in [0, 0.05) is 12.7 Å². The topological polar surface area (TPSA) is 89.9 Å². The highest BCUT2D eigenvalue weighted by Gasteiger charge is 2.15. The molecule has 0 aromatic heterocycles. The van der Waals surface area contributed by atoms with Crippen LogP contribution in [0.4, 0.5) is 10.5 Å². The average molecular weight is 266 g/mol. The van der Waals surface area contributed by atoms with Gasteiger partial charge in [0.1, 0.15) is 0 Å². The third-order valence-corrected chi connectivity index (χ3v) is 2.96. The van der Waals surface area contributed by atoms with Crippen LogP contribution < -0.4 is 5.32 Å². The number of nitrogens with one attached hydrogen (secondary N) is 1. The van der Waals surface area contributed by atoms with Crippen molar-refractivity contribution in [2.45, 2.75) is 19.9 Å². The van der Waals surface area contributed by atoms with E-state index in [0.29, 0.717) is 11.3 Å². The van der Waals surface area contributed by atoms with E-state index in [0.717, 1.165) is 0 Å². The zero-order chi connectivity index (χ0) is 14.6. The molecule has 0 aliphatic heterocycles. The molecule has 0 heterocycles. The SMILES string of the molecule is Cc1ccc(NC(=O)N(C)C(C)CO)cc1C(=O)O. The van der Waals surface area contributed by atoms with E-state index >= 15 is 0 Å². The van der Waals surface area contributed by atoms with Crippen molar-refractivity contribution < 1.29 is 19.8 Å². The Labute approximate surface area is 111 Å². The molecule has 1 aromatic rings. The smallest absolute Gasteiger partial charge is 0.336 e. The van der Waals surface area contributed by atoms with Crippen LogP contribution in [0.1, 0.15) is 22.8 Å².